The molecule has 2 aromatic rings. The highest BCUT2D eigenvalue weighted by Gasteiger charge is 2.32. The number of hydrogen-bond acceptors (Lipinski definition) is 2. The Morgan fingerprint density at radius 2 is 1.64 bits per heavy atom. The van der Waals surface area contributed by atoms with Crippen LogP contribution in [0.1, 0.15) is 40.2 Å². The van der Waals surface area contributed by atoms with Crippen molar-refractivity contribution >= 4 is 35.0 Å². The van der Waals surface area contributed by atoms with Crippen LogP contribution in [0.4, 0.5) is 0 Å². The number of benzene rings is 2. The Bertz CT molecular complexity index is 907. The van der Waals surface area contributed by atoms with Gasteiger partial charge in [0.05, 0.1) is 16.5 Å². The SMILES string of the molecule is O=C(c1ccc(Cl)cc1Cl)N1CCN(C(=O)C2CCCc3ccccc32)CC1. The van der Waals surface area contributed by atoms with Gasteiger partial charge in [0.1, 0.15) is 0 Å². The molecule has 1 fully saturated rings. The van der Waals surface area contributed by atoms with Crippen LogP contribution in [0.2, 0.25) is 10.0 Å². The second-order valence-electron chi connectivity index (χ2n) is 7.39. The first-order valence-electron chi connectivity index (χ1n) is 9.65. The molecule has 0 radical (unpaired) electrons. The molecule has 0 saturated carbocycles. The van der Waals surface area contributed by atoms with Gasteiger partial charge in [-0.05, 0) is 48.6 Å². The zero-order chi connectivity index (χ0) is 19.7. The van der Waals surface area contributed by atoms with Crippen LogP contribution in [0.5, 0.6) is 0 Å². The zero-order valence-electron chi connectivity index (χ0n) is 15.5. The lowest BCUT2D eigenvalue weighted by Gasteiger charge is -2.37. The maximum Gasteiger partial charge on any atom is 0.255 e. The third-order valence-corrected chi connectivity index (χ3v) is 6.26. The van der Waals surface area contributed by atoms with E-state index in [2.05, 4.69) is 12.1 Å². The fourth-order valence-electron chi connectivity index (χ4n) is 4.19. The molecule has 1 aliphatic carbocycles. The molecule has 2 aliphatic rings. The number of nitrogens with zero attached hydrogens (tertiary/aromatic N) is 2. The highest BCUT2D eigenvalue weighted by atomic mass is 35.5. The number of hydrogen-bond donors (Lipinski definition) is 0. The zero-order valence-corrected chi connectivity index (χ0v) is 17.0. The monoisotopic (exact) mass is 416 g/mol. The molecule has 4 nitrogen and oxygen atoms in total. The van der Waals surface area contributed by atoms with Crippen LogP contribution in [0.15, 0.2) is 42.5 Å². The maximum absolute atomic E-state index is 13.1. The van der Waals surface area contributed by atoms with Crippen molar-refractivity contribution in [1.29, 1.82) is 0 Å². The summed E-state index contributed by atoms with van der Waals surface area (Å²) < 4.78 is 0. The molecule has 1 aliphatic heterocycles. The van der Waals surface area contributed by atoms with Gasteiger partial charge in [0, 0.05) is 31.2 Å². The Kier molecular flexibility index (Phi) is 5.61. The molecule has 6 heteroatoms. The van der Waals surface area contributed by atoms with Crippen LogP contribution in [0.3, 0.4) is 0 Å². The Hall–Kier alpha value is -2.04. The largest absolute Gasteiger partial charge is 0.339 e. The molecule has 2 amide bonds. The molecule has 1 atom stereocenters. The standard InChI is InChI=1S/C22H22Cl2N2O2/c23-16-8-9-19(20(24)14-16)22(28)26-12-10-25(11-13-26)21(27)18-7-3-5-15-4-1-2-6-17(15)18/h1-2,4,6,8-9,14,18H,3,5,7,10-13H2. The van der Waals surface area contributed by atoms with Crippen molar-refractivity contribution in [2.75, 3.05) is 26.2 Å². The Balaban J connectivity index is 1.42. The van der Waals surface area contributed by atoms with E-state index in [4.69, 9.17) is 23.2 Å². The van der Waals surface area contributed by atoms with Gasteiger partial charge in [-0.15, -0.1) is 0 Å². The number of carbonyl (C=O) groups is 2. The molecule has 1 heterocycles. The van der Waals surface area contributed by atoms with Crippen LogP contribution < -0.4 is 0 Å². The van der Waals surface area contributed by atoms with Crippen molar-refractivity contribution in [3.63, 3.8) is 0 Å². The van der Waals surface area contributed by atoms with E-state index in [-0.39, 0.29) is 17.7 Å². The summed E-state index contributed by atoms with van der Waals surface area (Å²) in [5.74, 6) is 0.0125. The summed E-state index contributed by atoms with van der Waals surface area (Å²) in [5.41, 5.74) is 2.91. The predicted octanol–water partition coefficient (Wildman–Crippen LogP) is 4.40. The van der Waals surface area contributed by atoms with Gasteiger partial charge in [0.15, 0.2) is 0 Å². The summed E-state index contributed by atoms with van der Waals surface area (Å²) >= 11 is 12.1. The fraction of sp³-hybridized carbons (Fsp3) is 0.364. The molecule has 0 aromatic heterocycles. The van der Waals surface area contributed by atoms with Gasteiger partial charge in [0.25, 0.3) is 5.91 Å². The Labute approximate surface area is 175 Å². The second-order valence-corrected chi connectivity index (χ2v) is 8.23. The first-order valence-corrected chi connectivity index (χ1v) is 10.4. The Morgan fingerprint density at radius 1 is 0.929 bits per heavy atom. The van der Waals surface area contributed by atoms with Gasteiger partial charge < -0.3 is 9.80 Å². The number of fused-ring (bicyclic) bond motifs is 1. The van der Waals surface area contributed by atoms with Crippen molar-refractivity contribution in [3.8, 4) is 0 Å². The number of piperazine rings is 1. The van der Waals surface area contributed by atoms with E-state index >= 15 is 0 Å². The van der Waals surface area contributed by atoms with Crippen molar-refractivity contribution in [2.45, 2.75) is 25.2 Å². The number of rotatable bonds is 2. The van der Waals surface area contributed by atoms with E-state index in [9.17, 15) is 9.59 Å². The summed E-state index contributed by atoms with van der Waals surface area (Å²) in [5, 5.41) is 0.861. The van der Waals surface area contributed by atoms with Gasteiger partial charge in [0.2, 0.25) is 5.91 Å². The first kappa shape index (κ1) is 19.3. The lowest BCUT2D eigenvalue weighted by atomic mass is 9.82. The molecular weight excluding hydrogens is 395 g/mol. The predicted molar refractivity (Wildman–Crippen MR) is 111 cm³/mol. The number of aryl methyl sites for hydroxylation is 1. The lowest BCUT2D eigenvalue weighted by Crippen LogP contribution is -2.51. The summed E-state index contributed by atoms with van der Waals surface area (Å²) in [6, 6.07) is 13.2. The minimum absolute atomic E-state index is 0.0575. The van der Waals surface area contributed by atoms with E-state index in [0.717, 1.165) is 19.3 Å². The van der Waals surface area contributed by atoms with Gasteiger partial charge in [-0.2, -0.15) is 0 Å². The molecule has 4 rings (SSSR count). The third kappa shape index (κ3) is 3.76. The van der Waals surface area contributed by atoms with Crippen molar-refractivity contribution in [2.24, 2.45) is 0 Å². The molecule has 28 heavy (non-hydrogen) atoms. The fourth-order valence-corrected chi connectivity index (χ4v) is 4.68. The quantitative estimate of drug-likeness (QED) is 0.727. The van der Waals surface area contributed by atoms with Crippen LogP contribution in [0, 0.1) is 0 Å². The summed E-state index contributed by atoms with van der Waals surface area (Å²) in [6.45, 7) is 2.12. The topological polar surface area (TPSA) is 40.6 Å². The highest BCUT2D eigenvalue weighted by Crippen LogP contribution is 2.33. The van der Waals surface area contributed by atoms with Crippen molar-refractivity contribution in [3.05, 3.63) is 69.2 Å². The maximum atomic E-state index is 13.1. The van der Waals surface area contributed by atoms with Crippen LogP contribution in [-0.4, -0.2) is 47.8 Å². The van der Waals surface area contributed by atoms with Crippen LogP contribution >= 0.6 is 23.2 Å². The van der Waals surface area contributed by atoms with Gasteiger partial charge in [-0.25, -0.2) is 0 Å². The van der Waals surface area contributed by atoms with Crippen LogP contribution in [-0.2, 0) is 11.2 Å². The minimum Gasteiger partial charge on any atom is -0.339 e. The minimum atomic E-state index is -0.114. The molecule has 2 aromatic carbocycles. The summed E-state index contributed by atoms with van der Waals surface area (Å²) in [7, 11) is 0. The van der Waals surface area contributed by atoms with E-state index < -0.39 is 0 Å². The van der Waals surface area contributed by atoms with Crippen LogP contribution in [0.25, 0.3) is 0 Å². The average Bonchev–Trinajstić information content (AvgIpc) is 2.72. The van der Waals surface area contributed by atoms with E-state index in [1.165, 1.54) is 11.1 Å². The van der Waals surface area contributed by atoms with Gasteiger partial charge in [-0.3, -0.25) is 9.59 Å². The molecular formula is C22H22Cl2N2O2. The van der Waals surface area contributed by atoms with Gasteiger partial charge in [-0.1, -0.05) is 47.5 Å². The Morgan fingerprint density at radius 3 is 2.39 bits per heavy atom. The number of amides is 2. The average molecular weight is 417 g/mol. The smallest absolute Gasteiger partial charge is 0.255 e. The molecule has 0 spiro atoms. The van der Waals surface area contributed by atoms with Crippen molar-refractivity contribution in [1.82, 2.24) is 9.80 Å². The number of carbonyl (C=O) groups excluding carboxylic acids is 2. The normalized spacial score (nSPS) is 19.3. The second kappa shape index (κ2) is 8.14. The van der Waals surface area contributed by atoms with E-state index in [1.54, 1.807) is 23.1 Å². The molecule has 0 bridgehead atoms. The van der Waals surface area contributed by atoms with Gasteiger partial charge >= 0.3 is 0 Å². The first-order chi connectivity index (χ1) is 13.5. The molecule has 146 valence electrons. The van der Waals surface area contributed by atoms with E-state index in [0.29, 0.717) is 41.8 Å². The number of halogens is 2. The lowest BCUT2D eigenvalue weighted by molar-refractivity contribution is -0.134. The summed E-state index contributed by atoms with van der Waals surface area (Å²) in [6.07, 6.45) is 2.99. The third-order valence-electron chi connectivity index (χ3n) is 5.71. The molecule has 0 N–H and O–H groups in total. The van der Waals surface area contributed by atoms with Crippen molar-refractivity contribution < 1.29 is 9.59 Å². The summed E-state index contributed by atoms with van der Waals surface area (Å²) in [4.78, 5) is 29.6. The molecule has 1 unspecified atom stereocenters. The molecule has 1 saturated heterocycles. The highest BCUT2D eigenvalue weighted by molar-refractivity contribution is 6.36. The van der Waals surface area contributed by atoms with E-state index in [1.807, 2.05) is 17.0 Å².